The average molecular weight is 205 g/mol. The van der Waals surface area contributed by atoms with Crippen LogP contribution in [0, 0.1) is 0 Å². The van der Waals surface area contributed by atoms with E-state index < -0.39 is 0 Å². The van der Waals surface area contributed by atoms with Gasteiger partial charge >= 0.3 is 0 Å². The fraction of sp³-hybridized carbons (Fsp3) is 0.333. The van der Waals surface area contributed by atoms with Crippen molar-refractivity contribution in [3.05, 3.63) is 30.4 Å². The van der Waals surface area contributed by atoms with Gasteiger partial charge in [0, 0.05) is 26.8 Å². The van der Waals surface area contributed by atoms with Crippen LogP contribution < -0.4 is 16.0 Å². The van der Waals surface area contributed by atoms with E-state index in [0.717, 1.165) is 23.5 Å². The van der Waals surface area contributed by atoms with Crippen LogP contribution in [0.4, 0.5) is 17.1 Å². The molecule has 0 atom stereocenters. The first-order valence-electron chi connectivity index (χ1n) is 5.07. The second-order valence-corrected chi connectivity index (χ2v) is 3.30. The molecule has 0 bridgehead atoms. The van der Waals surface area contributed by atoms with Crippen molar-refractivity contribution < 1.29 is 0 Å². The first-order valence-corrected chi connectivity index (χ1v) is 5.07. The molecule has 0 unspecified atom stereocenters. The zero-order valence-electron chi connectivity index (χ0n) is 9.65. The van der Waals surface area contributed by atoms with Crippen molar-refractivity contribution in [3.8, 4) is 0 Å². The van der Waals surface area contributed by atoms with Crippen molar-refractivity contribution in [1.82, 2.24) is 0 Å². The number of anilines is 3. The molecule has 3 nitrogen and oxygen atoms in total. The zero-order valence-corrected chi connectivity index (χ0v) is 9.65. The monoisotopic (exact) mass is 205 g/mol. The minimum atomic E-state index is 0.870. The predicted octanol–water partition coefficient (Wildman–Crippen LogP) is 2.54. The molecule has 0 heterocycles. The van der Waals surface area contributed by atoms with Gasteiger partial charge in [-0.05, 0) is 24.1 Å². The van der Waals surface area contributed by atoms with E-state index in [1.54, 1.807) is 0 Å². The topological polar surface area (TPSA) is 36.1 Å². The maximum absolute atomic E-state index is 3.77. The Morgan fingerprint density at radius 3 is 2.00 bits per heavy atom. The molecular weight excluding hydrogens is 186 g/mol. The quantitative estimate of drug-likeness (QED) is 0.646. The van der Waals surface area contributed by atoms with Gasteiger partial charge in [-0.3, -0.25) is 0 Å². The maximum atomic E-state index is 3.77. The Morgan fingerprint density at radius 1 is 1.00 bits per heavy atom. The zero-order chi connectivity index (χ0) is 11.3. The summed E-state index contributed by atoms with van der Waals surface area (Å²) in [7, 11) is 5.77. The van der Waals surface area contributed by atoms with E-state index in [1.807, 2.05) is 27.2 Å². The molecule has 1 rings (SSSR count). The van der Waals surface area contributed by atoms with Crippen LogP contribution in [0.5, 0.6) is 0 Å². The highest BCUT2D eigenvalue weighted by Crippen LogP contribution is 2.29. The van der Waals surface area contributed by atoms with E-state index in [-0.39, 0.29) is 0 Å². The van der Waals surface area contributed by atoms with Crippen molar-refractivity contribution in [1.29, 1.82) is 0 Å². The number of benzene rings is 1. The molecule has 82 valence electrons. The number of allylic oxidation sites excluding steroid dienone is 1. The number of hydrogen-bond donors (Lipinski definition) is 3. The Bertz CT molecular complexity index is 345. The Balaban J connectivity index is 3.20. The number of nitrogens with one attached hydrogen (secondary N) is 3. The second-order valence-electron chi connectivity index (χ2n) is 3.30. The summed E-state index contributed by atoms with van der Waals surface area (Å²) in [5.74, 6) is 0. The molecule has 0 aromatic heterocycles. The molecule has 0 saturated carbocycles. The number of hydrogen-bond acceptors (Lipinski definition) is 3. The van der Waals surface area contributed by atoms with E-state index in [4.69, 9.17) is 0 Å². The molecule has 0 aliphatic heterocycles. The molecule has 0 spiro atoms. The highest BCUT2D eigenvalue weighted by Gasteiger charge is 2.05. The molecule has 0 aliphatic rings. The molecule has 3 heteroatoms. The van der Waals surface area contributed by atoms with Crippen molar-refractivity contribution in [2.45, 2.75) is 6.42 Å². The van der Waals surface area contributed by atoms with Crippen molar-refractivity contribution in [3.63, 3.8) is 0 Å². The van der Waals surface area contributed by atoms with Gasteiger partial charge in [0.2, 0.25) is 0 Å². The van der Waals surface area contributed by atoms with Crippen LogP contribution in [0.3, 0.4) is 0 Å². The third-order valence-electron chi connectivity index (χ3n) is 2.42. The van der Waals surface area contributed by atoms with E-state index in [9.17, 15) is 0 Å². The largest absolute Gasteiger partial charge is 0.388 e. The van der Waals surface area contributed by atoms with Gasteiger partial charge in [0.05, 0.1) is 11.4 Å². The lowest BCUT2D eigenvalue weighted by Gasteiger charge is -2.15. The third-order valence-corrected chi connectivity index (χ3v) is 2.42. The summed E-state index contributed by atoms with van der Waals surface area (Å²) >= 11 is 0. The molecule has 15 heavy (non-hydrogen) atoms. The van der Waals surface area contributed by atoms with Gasteiger partial charge in [0.25, 0.3) is 0 Å². The van der Waals surface area contributed by atoms with Crippen LogP contribution in [-0.4, -0.2) is 21.1 Å². The van der Waals surface area contributed by atoms with E-state index >= 15 is 0 Å². The van der Waals surface area contributed by atoms with Crippen LogP contribution in [0.25, 0.3) is 0 Å². The summed E-state index contributed by atoms with van der Waals surface area (Å²) in [5.41, 5.74) is 4.58. The lowest BCUT2D eigenvalue weighted by molar-refractivity contribution is 1.26. The van der Waals surface area contributed by atoms with Crippen LogP contribution in [0.2, 0.25) is 0 Å². The van der Waals surface area contributed by atoms with Crippen LogP contribution in [0.15, 0.2) is 24.8 Å². The number of rotatable bonds is 5. The van der Waals surface area contributed by atoms with Crippen LogP contribution >= 0.6 is 0 Å². The summed E-state index contributed by atoms with van der Waals surface area (Å²) in [6.07, 6.45) is 2.78. The third kappa shape index (κ3) is 2.43. The molecule has 1 aromatic carbocycles. The highest BCUT2D eigenvalue weighted by atomic mass is 14.9. The molecule has 0 fully saturated rings. The van der Waals surface area contributed by atoms with Gasteiger partial charge in [-0.25, -0.2) is 0 Å². The molecule has 1 aromatic rings. The van der Waals surface area contributed by atoms with Gasteiger partial charge in [0.1, 0.15) is 0 Å². The predicted molar refractivity (Wildman–Crippen MR) is 69.0 cm³/mol. The summed E-state index contributed by atoms with van der Waals surface area (Å²) in [5, 5.41) is 9.53. The molecule has 0 saturated heterocycles. The van der Waals surface area contributed by atoms with Gasteiger partial charge in [-0.1, -0.05) is 6.08 Å². The van der Waals surface area contributed by atoms with E-state index in [0.29, 0.717) is 0 Å². The van der Waals surface area contributed by atoms with Crippen molar-refractivity contribution >= 4 is 17.1 Å². The molecule has 0 aliphatic carbocycles. The van der Waals surface area contributed by atoms with E-state index in [2.05, 4.69) is 34.7 Å². The first-order chi connectivity index (χ1) is 7.26. The second kappa shape index (κ2) is 5.29. The Labute approximate surface area is 91.6 Å². The summed E-state index contributed by atoms with van der Waals surface area (Å²) < 4.78 is 0. The molecule has 0 radical (unpaired) electrons. The van der Waals surface area contributed by atoms with E-state index in [1.165, 1.54) is 5.56 Å². The summed E-state index contributed by atoms with van der Waals surface area (Å²) in [4.78, 5) is 0. The fourth-order valence-electron chi connectivity index (χ4n) is 1.62. The summed E-state index contributed by atoms with van der Waals surface area (Å²) in [6, 6.07) is 4.24. The smallest absolute Gasteiger partial charge is 0.0594 e. The van der Waals surface area contributed by atoms with Gasteiger partial charge in [-0.2, -0.15) is 0 Å². The molecule has 0 amide bonds. The maximum Gasteiger partial charge on any atom is 0.0594 e. The minimum absolute atomic E-state index is 0.870. The fourth-order valence-corrected chi connectivity index (χ4v) is 1.62. The minimum Gasteiger partial charge on any atom is -0.388 e. The Kier molecular flexibility index (Phi) is 4.03. The van der Waals surface area contributed by atoms with Gasteiger partial charge < -0.3 is 16.0 Å². The lowest BCUT2D eigenvalue weighted by Crippen LogP contribution is -2.01. The normalized spacial score (nSPS) is 9.53. The molecular formula is C12H19N3. The molecule has 3 N–H and O–H groups in total. The lowest BCUT2D eigenvalue weighted by atomic mass is 10.1. The SMILES string of the molecule is C=CCc1cc(NC)c(NC)cc1NC. The van der Waals surface area contributed by atoms with Gasteiger partial charge in [-0.15, -0.1) is 6.58 Å². The summed E-state index contributed by atoms with van der Waals surface area (Å²) in [6.45, 7) is 3.77. The first kappa shape index (κ1) is 11.4. The van der Waals surface area contributed by atoms with Crippen molar-refractivity contribution in [2.24, 2.45) is 0 Å². The van der Waals surface area contributed by atoms with Crippen molar-refractivity contribution in [2.75, 3.05) is 37.1 Å². The Hall–Kier alpha value is -1.64. The van der Waals surface area contributed by atoms with Gasteiger partial charge in [0.15, 0.2) is 0 Å². The Morgan fingerprint density at radius 2 is 1.53 bits per heavy atom. The standard InChI is InChI=1S/C12H19N3/c1-5-6-9-7-11(14-3)12(15-4)8-10(9)13-2/h5,7-8,13-15H,1,6H2,2-4H3. The average Bonchev–Trinajstić information content (AvgIpc) is 2.28. The van der Waals surface area contributed by atoms with Crippen LogP contribution in [-0.2, 0) is 6.42 Å². The highest BCUT2D eigenvalue weighted by molar-refractivity contribution is 5.76. The van der Waals surface area contributed by atoms with Crippen LogP contribution in [0.1, 0.15) is 5.56 Å².